The maximum Gasteiger partial charge on any atom is 0.126 e. The van der Waals surface area contributed by atoms with E-state index in [4.69, 9.17) is 4.74 Å². The molecule has 3 unspecified atom stereocenters. The maximum absolute atomic E-state index is 5.86. The van der Waals surface area contributed by atoms with Gasteiger partial charge >= 0.3 is 0 Å². The molecule has 3 rings (SSSR count). The van der Waals surface area contributed by atoms with E-state index in [0.29, 0.717) is 0 Å². The number of benzene rings is 1. The number of aromatic nitrogens is 2. The molecule has 1 aromatic carbocycles. The molecular weight excluding hydrogens is 353 g/mol. The summed E-state index contributed by atoms with van der Waals surface area (Å²) < 4.78 is 8.00. The molecule has 0 saturated carbocycles. The van der Waals surface area contributed by atoms with E-state index < -0.39 is 0 Å². The lowest BCUT2D eigenvalue weighted by Gasteiger charge is -2.21. The van der Waals surface area contributed by atoms with E-state index in [1.807, 2.05) is 32.2 Å². The maximum atomic E-state index is 5.86. The summed E-state index contributed by atoms with van der Waals surface area (Å²) in [6, 6.07) is 12.4. The van der Waals surface area contributed by atoms with Crippen molar-refractivity contribution in [1.82, 2.24) is 9.38 Å². The van der Waals surface area contributed by atoms with Gasteiger partial charge in [0.05, 0.1) is 16.6 Å². The number of ether oxygens (including phenoxy) is 1. The molecule has 3 nitrogen and oxygen atoms in total. The summed E-state index contributed by atoms with van der Waals surface area (Å²) in [7, 11) is 8.34. The van der Waals surface area contributed by atoms with Gasteiger partial charge in [0.2, 0.25) is 0 Å². The Morgan fingerprint density at radius 2 is 1.54 bits per heavy atom. The molecule has 0 aliphatic rings. The van der Waals surface area contributed by atoms with Crippen molar-refractivity contribution in [2.24, 2.45) is 0 Å². The Kier molecular flexibility index (Phi) is 4.73. The third-order valence-corrected chi connectivity index (χ3v) is 4.21. The molecule has 24 heavy (non-hydrogen) atoms. The van der Waals surface area contributed by atoms with Crippen LogP contribution in [0, 0.1) is 0 Å². The van der Waals surface area contributed by atoms with Gasteiger partial charge in [-0.1, -0.05) is 27.4 Å². The van der Waals surface area contributed by atoms with Crippen LogP contribution in [-0.2, 0) is 4.90 Å². The van der Waals surface area contributed by atoms with Gasteiger partial charge in [0, 0.05) is 6.20 Å². The fraction of sp³-hybridized carbons (Fsp3) is 0.278. The Morgan fingerprint density at radius 1 is 0.917 bits per heavy atom. The van der Waals surface area contributed by atoms with Gasteiger partial charge in [-0.15, -0.1) is 18.5 Å². The van der Waals surface area contributed by atoms with Crippen molar-refractivity contribution >= 4 is 33.2 Å². The Morgan fingerprint density at radius 3 is 2.12 bits per heavy atom. The molecule has 3 atom stereocenters. The second-order valence-corrected chi connectivity index (χ2v) is 11.3. The first kappa shape index (κ1) is 17.8. The lowest BCUT2D eigenvalue weighted by molar-refractivity contribution is 0.206. The predicted molar refractivity (Wildman–Crippen MR) is 112 cm³/mol. The van der Waals surface area contributed by atoms with Crippen LogP contribution < -0.4 is 4.74 Å². The van der Waals surface area contributed by atoms with Crippen molar-refractivity contribution in [3.63, 3.8) is 0 Å². The first-order valence-corrected chi connectivity index (χ1v) is 9.50. The van der Waals surface area contributed by atoms with E-state index in [2.05, 4.69) is 74.5 Å². The van der Waals surface area contributed by atoms with Crippen LogP contribution in [0.5, 0.6) is 5.75 Å². The van der Waals surface area contributed by atoms with Gasteiger partial charge in [-0.2, -0.15) is 0 Å². The first-order valence-electron chi connectivity index (χ1n) is 7.77. The van der Waals surface area contributed by atoms with E-state index in [-0.39, 0.29) is 10.2 Å². The van der Waals surface area contributed by atoms with Crippen LogP contribution in [0.25, 0.3) is 16.6 Å². The molecule has 0 bridgehead atoms. The molecule has 0 N–H and O–H groups in total. The fourth-order valence-electron chi connectivity index (χ4n) is 2.58. The summed E-state index contributed by atoms with van der Waals surface area (Å²) in [5.41, 5.74) is 3.40. The summed E-state index contributed by atoms with van der Waals surface area (Å²) in [6.45, 7) is 6.14. The molecule has 0 radical (unpaired) electrons. The lowest BCUT2D eigenvalue weighted by atomic mass is 10.1. The minimum Gasteiger partial charge on any atom is -0.484 e. The molecule has 2 heterocycles. The molecule has 126 valence electrons. The zero-order chi connectivity index (χ0) is 17.5. The van der Waals surface area contributed by atoms with E-state index in [1.54, 1.807) is 0 Å². The Balaban J connectivity index is 1.97. The van der Waals surface area contributed by atoms with Crippen LogP contribution in [0.4, 0.5) is 0 Å². The molecule has 6 heteroatoms. The van der Waals surface area contributed by atoms with E-state index in [9.17, 15) is 0 Å². The highest BCUT2D eigenvalue weighted by atomic mass is 31.1. The second kappa shape index (κ2) is 6.38. The van der Waals surface area contributed by atoms with Crippen molar-refractivity contribution in [3.8, 4) is 16.9 Å². The van der Waals surface area contributed by atoms with Crippen LogP contribution in [0.15, 0.2) is 48.8 Å². The minimum absolute atomic E-state index is 0.160. The number of imidazole rings is 1. The summed E-state index contributed by atoms with van der Waals surface area (Å²) >= 11 is 0. The van der Waals surface area contributed by atoms with E-state index in [1.165, 1.54) is 0 Å². The highest BCUT2D eigenvalue weighted by Gasteiger charge is 2.20. The van der Waals surface area contributed by atoms with Crippen molar-refractivity contribution in [2.75, 3.05) is 0 Å². The van der Waals surface area contributed by atoms with Crippen LogP contribution >= 0.6 is 27.7 Å². The van der Waals surface area contributed by atoms with Gasteiger partial charge in [0.1, 0.15) is 16.9 Å². The summed E-state index contributed by atoms with van der Waals surface area (Å²) in [6.07, 6.45) is 4.04. The van der Waals surface area contributed by atoms with Gasteiger partial charge in [-0.3, -0.25) is 0 Å². The first-order chi connectivity index (χ1) is 11.1. The van der Waals surface area contributed by atoms with E-state index >= 15 is 0 Å². The van der Waals surface area contributed by atoms with Gasteiger partial charge < -0.3 is 9.14 Å². The third-order valence-electron chi connectivity index (χ3n) is 3.58. The SMILES string of the molecule is CC(C)(P)Oc1ccc(-c2ccc3cnc(C(C)(P)P)n3c2)cc1. The smallest absolute Gasteiger partial charge is 0.126 e. The summed E-state index contributed by atoms with van der Waals surface area (Å²) in [5, 5.41) is -0.270. The lowest BCUT2D eigenvalue weighted by Crippen LogP contribution is -2.18. The van der Waals surface area contributed by atoms with E-state index in [0.717, 1.165) is 28.2 Å². The highest BCUT2D eigenvalue weighted by molar-refractivity contribution is 7.38. The van der Waals surface area contributed by atoms with Crippen LogP contribution in [0.2, 0.25) is 0 Å². The second-order valence-electron chi connectivity index (χ2n) is 6.81. The molecule has 3 aromatic rings. The van der Waals surface area contributed by atoms with Gasteiger partial charge in [-0.25, -0.2) is 4.98 Å². The van der Waals surface area contributed by atoms with Crippen LogP contribution in [0.1, 0.15) is 26.6 Å². The number of hydrogen-bond acceptors (Lipinski definition) is 2. The van der Waals surface area contributed by atoms with Crippen molar-refractivity contribution in [2.45, 2.75) is 31.0 Å². The zero-order valence-electron chi connectivity index (χ0n) is 14.2. The van der Waals surface area contributed by atoms with Crippen LogP contribution in [-0.4, -0.2) is 14.7 Å². The number of fused-ring (bicyclic) bond motifs is 1. The minimum atomic E-state index is -0.270. The molecule has 0 fully saturated rings. The van der Waals surface area contributed by atoms with Gasteiger partial charge in [0.15, 0.2) is 0 Å². The Hall–Kier alpha value is -1.00. The third kappa shape index (κ3) is 3.97. The standard InChI is InChI=1S/C18H23N2OP3/c1-17(2,22)21-15-8-5-12(6-9-15)13-4-7-14-10-19-16(18(3,23)24)20(14)11-13/h4-11H,22-24H2,1-3H3. The summed E-state index contributed by atoms with van der Waals surface area (Å²) in [5.74, 6) is 1.87. The van der Waals surface area contributed by atoms with Crippen molar-refractivity contribution in [1.29, 1.82) is 0 Å². The number of nitrogens with zero attached hydrogens (tertiary/aromatic N) is 2. The van der Waals surface area contributed by atoms with Crippen molar-refractivity contribution in [3.05, 3.63) is 54.6 Å². The molecule has 0 aliphatic heterocycles. The molecule has 0 spiro atoms. The fourth-order valence-corrected chi connectivity index (χ4v) is 3.14. The highest BCUT2D eigenvalue weighted by Crippen LogP contribution is 2.37. The average molecular weight is 376 g/mol. The normalized spacial score (nSPS) is 12.6. The summed E-state index contributed by atoms with van der Waals surface area (Å²) in [4.78, 5) is 4.40. The molecule has 0 aliphatic carbocycles. The van der Waals surface area contributed by atoms with Crippen LogP contribution in [0.3, 0.4) is 0 Å². The van der Waals surface area contributed by atoms with Crippen molar-refractivity contribution < 1.29 is 4.74 Å². The number of rotatable bonds is 4. The van der Waals surface area contributed by atoms with Gasteiger partial charge in [-0.05, 0) is 50.1 Å². The molecule has 2 aromatic heterocycles. The topological polar surface area (TPSA) is 26.5 Å². The average Bonchev–Trinajstić information content (AvgIpc) is 2.89. The quantitative estimate of drug-likeness (QED) is 0.605. The zero-order valence-corrected chi connectivity index (χ0v) is 17.6. The number of hydrogen-bond donors (Lipinski definition) is 0. The monoisotopic (exact) mass is 376 g/mol. The van der Waals surface area contributed by atoms with Gasteiger partial charge in [0.25, 0.3) is 0 Å². The molecule has 0 saturated heterocycles. The largest absolute Gasteiger partial charge is 0.484 e. The molecular formula is C18H23N2OP3. The predicted octanol–water partition coefficient (Wildman–Crippen LogP) is 4.91. The Labute approximate surface area is 150 Å². The Bertz CT molecular complexity index is 859. The molecule has 0 amide bonds. The number of pyridine rings is 1.